The minimum atomic E-state index is -0.599. The van der Waals surface area contributed by atoms with Crippen molar-refractivity contribution in [1.29, 1.82) is 0 Å². The molecule has 1 fully saturated rings. The largest absolute Gasteiger partial charge is 0.391 e. The number of halogens is 1. The number of pyridine rings is 1. The zero-order valence-electron chi connectivity index (χ0n) is 13.5. The van der Waals surface area contributed by atoms with E-state index in [1.807, 2.05) is 35.0 Å². The number of hydrogen-bond donors (Lipinski definition) is 1. The van der Waals surface area contributed by atoms with Crippen LogP contribution >= 0.6 is 0 Å². The first-order chi connectivity index (χ1) is 12.1. The number of aromatic nitrogens is 2. The van der Waals surface area contributed by atoms with Crippen LogP contribution in [0.25, 0.3) is 5.65 Å². The second-order valence-electron chi connectivity index (χ2n) is 6.38. The van der Waals surface area contributed by atoms with Gasteiger partial charge in [-0.1, -0.05) is 18.2 Å². The highest BCUT2D eigenvalue weighted by Crippen LogP contribution is 2.33. The third-order valence-electron chi connectivity index (χ3n) is 4.58. The van der Waals surface area contributed by atoms with Crippen LogP contribution < -0.4 is 0 Å². The van der Waals surface area contributed by atoms with Crippen molar-refractivity contribution in [2.45, 2.75) is 25.0 Å². The molecule has 1 aliphatic heterocycles. The summed E-state index contributed by atoms with van der Waals surface area (Å²) in [5, 5.41) is 10.0. The van der Waals surface area contributed by atoms with Crippen molar-refractivity contribution < 1.29 is 14.3 Å². The fraction of sp³-hybridized carbons (Fsp3) is 0.263. The number of carbonyl (C=O) groups excluding carboxylic acids is 1. The predicted molar refractivity (Wildman–Crippen MR) is 90.4 cm³/mol. The number of nitrogens with zero attached hydrogens (tertiary/aromatic N) is 3. The van der Waals surface area contributed by atoms with Crippen LogP contribution in [-0.4, -0.2) is 37.9 Å². The Morgan fingerprint density at radius 1 is 1.28 bits per heavy atom. The highest BCUT2D eigenvalue weighted by Gasteiger charge is 2.35. The highest BCUT2D eigenvalue weighted by molar-refractivity contribution is 5.79. The minimum Gasteiger partial charge on any atom is -0.391 e. The molecule has 1 aliphatic rings. The van der Waals surface area contributed by atoms with Gasteiger partial charge in [-0.2, -0.15) is 0 Å². The average molecular weight is 339 g/mol. The summed E-state index contributed by atoms with van der Waals surface area (Å²) in [6, 6.07) is 11.6. The maximum Gasteiger partial charge on any atom is 0.229 e. The van der Waals surface area contributed by atoms with E-state index in [9.17, 15) is 14.3 Å². The lowest BCUT2D eigenvalue weighted by molar-refractivity contribution is -0.131. The molecule has 25 heavy (non-hydrogen) atoms. The molecular weight excluding hydrogens is 321 g/mol. The molecule has 0 radical (unpaired) electrons. The van der Waals surface area contributed by atoms with Gasteiger partial charge >= 0.3 is 0 Å². The van der Waals surface area contributed by atoms with Crippen molar-refractivity contribution in [2.75, 3.05) is 6.54 Å². The maximum absolute atomic E-state index is 13.5. The Balaban J connectivity index is 1.57. The molecule has 1 saturated heterocycles. The van der Waals surface area contributed by atoms with Crippen LogP contribution in [0.15, 0.2) is 54.9 Å². The Labute approximate surface area is 144 Å². The third kappa shape index (κ3) is 3.13. The van der Waals surface area contributed by atoms with E-state index in [1.54, 1.807) is 17.0 Å². The first-order valence-corrected chi connectivity index (χ1v) is 8.26. The van der Waals surface area contributed by atoms with Gasteiger partial charge in [0.2, 0.25) is 5.91 Å². The lowest BCUT2D eigenvalue weighted by Gasteiger charge is -2.24. The number of β-amino-alcohol motifs (C(OH)–C–C–N with tert-alkyl or cyclic N) is 1. The Morgan fingerprint density at radius 3 is 2.96 bits per heavy atom. The van der Waals surface area contributed by atoms with Gasteiger partial charge in [0.25, 0.3) is 0 Å². The molecule has 128 valence electrons. The highest BCUT2D eigenvalue weighted by atomic mass is 19.1. The summed E-state index contributed by atoms with van der Waals surface area (Å²) in [4.78, 5) is 18.9. The summed E-state index contributed by atoms with van der Waals surface area (Å²) in [6.07, 6.45) is 3.68. The van der Waals surface area contributed by atoms with Crippen LogP contribution in [0.3, 0.4) is 0 Å². The topological polar surface area (TPSA) is 57.8 Å². The molecule has 6 heteroatoms. The standard InChI is InChI=1S/C19H18FN3O2/c20-14-5-3-4-13(8-14)17-10-16(24)12-23(17)19(25)9-15-11-22-7-2-1-6-18(22)21-15/h1-8,11,16-17,24H,9-10,12H2. The zero-order chi connectivity index (χ0) is 17.4. The molecule has 2 unspecified atom stereocenters. The third-order valence-corrected chi connectivity index (χ3v) is 4.58. The fourth-order valence-corrected chi connectivity index (χ4v) is 3.45. The van der Waals surface area contributed by atoms with Crippen molar-refractivity contribution in [1.82, 2.24) is 14.3 Å². The smallest absolute Gasteiger partial charge is 0.229 e. The predicted octanol–water partition coefficient (Wildman–Crippen LogP) is 2.35. The number of rotatable bonds is 3. The van der Waals surface area contributed by atoms with Gasteiger partial charge in [-0.3, -0.25) is 4.79 Å². The molecule has 0 bridgehead atoms. The van der Waals surface area contributed by atoms with Crippen LogP contribution in [0.5, 0.6) is 0 Å². The van der Waals surface area contributed by atoms with Crippen molar-refractivity contribution in [3.05, 3.63) is 71.9 Å². The second kappa shape index (κ2) is 6.29. The number of amides is 1. The quantitative estimate of drug-likeness (QED) is 0.797. The number of aliphatic hydroxyl groups excluding tert-OH is 1. The second-order valence-corrected chi connectivity index (χ2v) is 6.38. The Hall–Kier alpha value is -2.73. The number of hydrogen-bond acceptors (Lipinski definition) is 3. The lowest BCUT2D eigenvalue weighted by Crippen LogP contribution is -2.33. The SMILES string of the molecule is O=C(Cc1cn2ccccc2n1)N1CC(O)CC1c1cccc(F)c1. The maximum atomic E-state index is 13.5. The van der Waals surface area contributed by atoms with E-state index >= 15 is 0 Å². The van der Waals surface area contributed by atoms with Gasteiger partial charge in [0.1, 0.15) is 11.5 Å². The van der Waals surface area contributed by atoms with E-state index in [4.69, 9.17) is 0 Å². The molecule has 5 nitrogen and oxygen atoms in total. The lowest BCUT2D eigenvalue weighted by atomic mass is 10.0. The van der Waals surface area contributed by atoms with Gasteiger partial charge < -0.3 is 14.4 Å². The van der Waals surface area contributed by atoms with Crippen molar-refractivity contribution in [3.63, 3.8) is 0 Å². The molecule has 1 N–H and O–H groups in total. The molecule has 0 aliphatic carbocycles. The number of fused-ring (bicyclic) bond motifs is 1. The fourth-order valence-electron chi connectivity index (χ4n) is 3.45. The number of imidazole rings is 1. The average Bonchev–Trinajstić information content (AvgIpc) is 3.17. The van der Waals surface area contributed by atoms with Crippen LogP contribution in [0.2, 0.25) is 0 Å². The van der Waals surface area contributed by atoms with Gasteiger partial charge in [0.15, 0.2) is 0 Å². The molecule has 1 amide bonds. The normalized spacial score (nSPS) is 20.3. The summed E-state index contributed by atoms with van der Waals surface area (Å²) >= 11 is 0. The van der Waals surface area contributed by atoms with E-state index in [2.05, 4.69) is 4.98 Å². The van der Waals surface area contributed by atoms with Gasteiger partial charge in [-0.25, -0.2) is 9.37 Å². The van der Waals surface area contributed by atoms with E-state index < -0.39 is 6.10 Å². The molecule has 1 aromatic carbocycles. The monoisotopic (exact) mass is 339 g/mol. The van der Waals surface area contributed by atoms with Gasteiger partial charge in [0.05, 0.1) is 24.3 Å². The Morgan fingerprint density at radius 2 is 2.16 bits per heavy atom. The first-order valence-electron chi connectivity index (χ1n) is 8.26. The molecule has 0 spiro atoms. The number of likely N-dealkylation sites (tertiary alicyclic amines) is 1. The molecule has 0 saturated carbocycles. The summed E-state index contributed by atoms with van der Waals surface area (Å²) in [6.45, 7) is 0.257. The summed E-state index contributed by atoms with van der Waals surface area (Å²) in [5.74, 6) is -0.458. The molecule has 3 aromatic rings. The molecule has 2 atom stereocenters. The van der Waals surface area contributed by atoms with Crippen molar-refractivity contribution >= 4 is 11.6 Å². The summed E-state index contributed by atoms with van der Waals surface area (Å²) in [7, 11) is 0. The van der Waals surface area contributed by atoms with Crippen LogP contribution in [0, 0.1) is 5.82 Å². The van der Waals surface area contributed by atoms with Crippen LogP contribution in [0.4, 0.5) is 4.39 Å². The molecule has 4 rings (SSSR count). The summed E-state index contributed by atoms with van der Waals surface area (Å²) in [5.41, 5.74) is 2.17. The molecule has 2 aromatic heterocycles. The van der Waals surface area contributed by atoms with E-state index in [1.165, 1.54) is 12.1 Å². The van der Waals surface area contributed by atoms with Gasteiger partial charge in [-0.15, -0.1) is 0 Å². The van der Waals surface area contributed by atoms with Crippen molar-refractivity contribution in [3.8, 4) is 0 Å². The van der Waals surface area contributed by atoms with E-state index in [0.29, 0.717) is 17.7 Å². The van der Waals surface area contributed by atoms with Crippen LogP contribution in [0.1, 0.15) is 23.7 Å². The number of aliphatic hydroxyl groups is 1. The number of benzene rings is 1. The first kappa shape index (κ1) is 15.8. The van der Waals surface area contributed by atoms with E-state index in [0.717, 1.165) is 5.65 Å². The van der Waals surface area contributed by atoms with Gasteiger partial charge in [-0.05, 0) is 36.2 Å². The number of carbonyl (C=O) groups is 1. The zero-order valence-corrected chi connectivity index (χ0v) is 13.5. The summed E-state index contributed by atoms with van der Waals surface area (Å²) < 4.78 is 15.4. The Bertz CT molecular complexity index is 891. The van der Waals surface area contributed by atoms with Crippen molar-refractivity contribution in [2.24, 2.45) is 0 Å². The molecule has 3 heterocycles. The molecular formula is C19H18FN3O2. The van der Waals surface area contributed by atoms with Crippen LogP contribution in [-0.2, 0) is 11.2 Å². The van der Waals surface area contributed by atoms with E-state index in [-0.39, 0.29) is 30.7 Å². The minimum absolute atomic E-state index is 0.116. The van der Waals surface area contributed by atoms with Gasteiger partial charge in [0, 0.05) is 18.9 Å². The Kier molecular flexibility index (Phi) is 3.97.